The van der Waals surface area contributed by atoms with Gasteiger partial charge in [-0.15, -0.1) is 0 Å². The Morgan fingerprint density at radius 2 is 1.93 bits per heavy atom. The van der Waals surface area contributed by atoms with Crippen LogP contribution in [0.3, 0.4) is 0 Å². The van der Waals surface area contributed by atoms with Crippen molar-refractivity contribution < 1.29 is 14.7 Å². The normalized spacial score (nSPS) is 12.7. The van der Waals surface area contributed by atoms with Crippen molar-refractivity contribution >= 4 is 0 Å². The van der Waals surface area contributed by atoms with Gasteiger partial charge in [0.2, 0.25) is 0 Å². The second-order valence-corrected chi connectivity index (χ2v) is 3.18. The van der Waals surface area contributed by atoms with E-state index >= 15 is 0 Å². The standard InChI is InChI=1S/C10H10N2O3/c1-6(13)9-11-10(15-12-9)7-2-4-8(14)5-3-7/h2-6,13-14H,1H3. The van der Waals surface area contributed by atoms with Gasteiger partial charge in [0.25, 0.3) is 5.89 Å². The van der Waals surface area contributed by atoms with Gasteiger partial charge in [0.05, 0.1) is 0 Å². The number of phenolic OH excluding ortho intramolecular Hbond substituents is 1. The van der Waals surface area contributed by atoms with Crippen LogP contribution >= 0.6 is 0 Å². The Morgan fingerprint density at radius 1 is 1.27 bits per heavy atom. The smallest absolute Gasteiger partial charge is 0.258 e. The lowest BCUT2D eigenvalue weighted by Gasteiger charge is -1.94. The van der Waals surface area contributed by atoms with Crippen molar-refractivity contribution in [3.05, 3.63) is 30.1 Å². The van der Waals surface area contributed by atoms with Crippen LogP contribution in [0.1, 0.15) is 18.9 Å². The summed E-state index contributed by atoms with van der Waals surface area (Å²) < 4.78 is 4.95. The maximum atomic E-state index is 9.20. The van der Waals surface area contributed by atoms with Crippen LogP contribution in [0.15, 0.2) is 28.8 Å². The highest BCUT2D eigenvalue weighted by atomic mass is 16.5. The highest BCUT2D eigenvalue weighted by Gasteiger charge is 2.11. The fourth-order valence-corrected chi connectivity index (χ4v) is 1.13. The molecular formula is C10H10N2O3. The first-order valence-corrected chi connectivity index (χ1v) is 4.48. The first-order valence-electron chi connectivity index (χ1n) is 4.48. The Balaban J connectivity index is 2.33. The van der Waals surface area contributed by atoms with Gasteiger partial charge in [0, 0.05) is 5.56 Å². The minimum atomic E-state index is -0.750. The van der Waals surface area contributed by atoms with E-state index in [1.165, 1.54) is 12.1 Å². The molecule has 2 aromatic rings. The van der Waals surface area contributed by atoms with E-state index in [9.17, 15) is 5.11 Å². The second-order valence-electron chi connectivity index (χ2n) is 3.18. The monoisotopic (exact) mass is 206 g/mol. The number of rotatable bonds is 2. The number of aliphatic hydroxyl groups excluding tert-OH is 1. The fraction of sp³-hybridized carbons (Fsp3) is 0.200. The second kappa shape index (κ2) is 3.70. The first-order chi connectivity index (χ1) is 7.16. The van der Waals surface area contributed by atoms with Gasteiger partial charge >= 0.3 is 0 Å². The van der Waals surface area contributed by atoms with E-state index in [1.54, 1.807) is 19.1 Å². The number of aliphatic hydroxyl groups is 1. The van der Waals surface area contributed by atoms with Gasteiger partial charge in [0.15, 0.2) is 5.82 Å². The molecule has 5 nitrogen and oxygen atoms in total. The maximum absolute atomic E-state index is 9.20. The molecule has 0 fully saturated rings. The SMILES string of the molecule is CC(O)c1noc(-c2ccc(O)cc2)n1. The highest BCUT2D eigenvalue weighted by Crippen LogP contribution is 2.21. The van der Waals surface area contributed by atoms with E-state index in [0.29, 0.717) is 11.5 Å². The average molecular weight is 206 g/mol. The summed E-state index contributed by atoms with van der Waals surface area (Å²) in [5, 5.41) is 21.9. The Kier molecular flexibility index (Phi) is 2.39. The van der Waals surface area contributed by atoms with Crippen LogP contribution < -0.4 is 0 Å². The van der Waals surface area contributed by atoms with Crippen molar-refractivity contribution in [3.8, 4) is 17.2 Å². The Hall–Kier alpha value is -1.88. The number of aromatic hydroxyl groups is 1. The number of nitrogens with zero attached hydrogens (tertiary/aromatic N) is 2. The quantitative estimate of drug-likeness (QED) is 0.778. The first kappa shape index (κ1) is 9.67. The van der Waals surface area contributed by atoms with Gasteiger partial charge in [-0.25, -0.2) is 0 Å². The number of hydrogen-bond donors (Lipinski definition) is 2. The van der Waals surface area contributed by atoms with Gasteiger partial charge in [0.1, 0.15) is 11.9 Å². The summed E-state index contributed by atoms with van der Waals surface area (Å²) >= 11 is 0. The molecule has 0 saturated heterocycles. The third kappa shape index (κ3) is 1.97. The molecular weight excluding hydrogens is 196 g/mol. The van der Waals surface area contributed by atoms with Crippen LogP contribution in [-0.2, 0) is 0 Å². The lowest BCUT2D eigenvalue weighted by atomic mass is 10.2. The third-order valence-corrected chi connectivity index (χ3v) is 1.93. The summed E-state index contributed by atoms with van der Waals surface area (Å²) in [5.41, 5.74) is 0.701. The molecule has 5 heteroatoms. The van der Waals surface area contributed by atoms with E-state index < -0.39 is 6.10 Å². The van der Waals surface area contributed by atoms with E-state index in [0.717, 1.165) is 0 Å². The van der Waals surface area contributed by atoms with Crippen LogP contribution in [0.5, 0.6) is 5.75 Å². The summed E-state index contributed by atoms with van der Waals surface area (Å²) in [6.07, 6.45) is -0.750. The zero-order valence-electron chi connectivity index (χ0n) is 8.08. The molecule has 1 heterocycles. The predicted molar refractivity (Wildman–Crippen MR) is 52.0 cm³/mol. The van der Waals surface area contributed by atoms with Gasteiger partial charge in [-0.05, 0) is 31.2 Å². The molecule has 15 heavy (non-hydrogen) atoms. The molecule has 0 spiro atoms. The van der Waals surface area contributed by atoms with Gasteiger partial charge in [-0.2, -0.15) is 4.98 Å². The van der Waals surface area contributed by atoms with Crippen molar-refractivity contribution in [1.82, 2.24) is 10.1 Å². The van der Waals surface area contributed by atoms with Gasteiger partial charge < -0.3 is 14.7 Å². The molecule has 0 aliphatic carbocycles. The zero-order valence-corrected chi connectivity index (χ0v) is 8.08. The molecule has 0 saturated carbocycles. The van der Waals surface area contributed by atoms with Crippen LogP contribution in [0.2, 0.25) is 0 Å². The lowest BCUT2D eigenvalue weighted by molar-refractivity contribution is 0.184. The summed E-state index contributed by atoms with van der Waals surface area (Å²) in [7, 11) is 0. The molecule has 78 valence electrons. The highest BCUT2D eigenvalue weighted by molar-refractivity contribution is 5.53. The van der Waals surface area contributed by atoms with Crippen molar-refractivity contribution in [2.24, 2.45) is 0 Å². The number of hydrogen-bond acceptors (Lipinski definition) is 5. The molecule has 1 atom stereocenters. The molecule has 1 unspecified atom stereocenters. The van der Waals surface area contributed by atoms with Gasteiger partial charge in [-0.3, -0.25) is 0 Å². The Morgan fingerprint density at radius 3 is 2.47 bits per heavy atom. The largest absolute Gasteiger partial charge is 0.508 e. The van der Waals surface area contributed by atoms with Crippen LogP contribution in [0.25, 0.3) is 11.5 Å². The molecule has 1 aromatic carbocycles. The fourth-order valence-electron chi connectivity index (χ4n) is 1.13. The van der Waals surface area contributed by atoms with Crippen molar-refractivity contribution in [3.63, 3.8) is 0 Å². The molecule has 0 aliphatic rings. The number of aromatic nitrogens is 2. The average Bonchev–Trinajstić information content (AvgIpc) is 2.68. The lowest BCUT2D eigenvalue weighted by Crippen LogP contribution is -1.92. The molecule has 2 rings (SSSR count). The van der Waals surface area contributed by atoms with Crippen molar-refractivity contribution in [1.29, 1.82) is 0 Å². The van der Waals surface area contributed by atoms with Crippen LogP contribution in [0, 0.1) is 0 Å². The van der Waals surface area contributed by atoms with E-state index in [-0.39, 0.29) is 11.6 Å². The summed E-state index contributed by atoms with van der Waals surface area (Å²) in [5.74, 6) is 0.748. The molecule has 0 radical (unpaired) electrons. The van der Waals surface area contributed by atoms with E-state index in [1.807, 2.05) is 0 Å². The summed E-state index contributed by atoms with van der Waals surface area (Å²) in [6.45, 7) is 1.56. The zero-order chi connectivity index (χ0) is 10.8. The molecule has 0 amide bonds. The predicted octanol–water partition coefficient (Wildman–Crippen LogP) is 1.50. The molecule has 2 N–H and O–H groups in total. The number of phenols is 1. The molecule has 0 bridgehead atoms. The summed E-state index contributed by atoms with van der Waals surface area (Å²) in [4.78, 5) is 4.00. The summed E-state index contributed by atoms with van der Waals surface area (Å²) in [6, 6.07) is 6.38. The molecule has 1 aromatic heterocycles. The van der Waals surface area contributed by atoms with Crippen molar-refractivity contribution in [2.45, 2.75) is 13.0 Å². The number of benzene rings is 1. The van der Waals surface area contributed by atoms with Crippen LogP contribution in [0.4, 0.5) is 0 Å². The molecule has 0 aliphatic heterocycles. The van der Waals surface area contributed by atoms with Crippen LogP contribution in [-0.4, -0.2) is 20.4 Å². The van der Waals surface area contributed by atoms with E-state index in [4.69, 9.17) is 9.63 Å². The topological polar surface area (TPSA) is 79.4 Å². The minimum Gasteiger partial charge on any atom is -0.508 e. The minimum absolute atomic E-state index is 0.175. The Labute approximate surface area is 86.0 Å². The van der Waals surface area contributed by atoms with Crippen molar-refractivity contribution in [2.75, 3.05) is 0 Å². The van der Waals surface area contributed by atoms with Gasteiger partial charge in [-0.1, -0.05) is 5.16 Å². The van der Waals surface area contributed by atoms with E-state index in [2.05, 4.69) is 10.1 Å². The third-order valence-electron chi connectivity index (χ3n) is 1.93. The Bertz CT molecular complexity index is 448. The maximum Gasteiger partial charge on any atom is 0.258 e.